The van der Waals surface area contributed by atoms with Gasteiger partial charge in [-0.3, -0.25) is 4.90 Å². The number of hydrogen-bond donors (Lipinski definition) is 0. The highest BCUT2D eigenvalue weighted by atomic mass is 16.5. The zero-order valence-corrected chi connectivity index (χ0v) is 13.4. The molecule has 0 saturated carbocycles. The summed E-state index contributed by atoms with van der Waals surface area (Å²) in [5.74, 6) is -0.0717. The van der Waals surface area contributed by atoms with Crippen molar-refractivity contribution in [3.63, 3.8) is 0 Å². The Hall–Kier alpha value is -1.88. The van der Waals surface area contributed by atoms with Crippen molar-refractivity contribution in [3.8, 4) is 12.1 Å². The van der Waals surface area contributed by atoms with E-state index in [4.69, 9.17) is 10.00 Å². The summed E-state index contributed by atoms with van der Waals surface area (Å²) in [5, 5.41) is 17.9. The van der Waals surface area contributed by atoms with Gasteiger partial charge in [0, 0.05) is 26.1 Å². The Balaban J connectivity index is 1.99. The molecule has 4 nitrogen and oxygen atoms in total. The zero-order valence-electron chi connectivity index (χ0n) is 13.4. The van der Waals surface area contributed by atoms with Crippen LogP contribution in [0.1, 0.15) is 35.6 Å². The number of nitriles is 2. The molecule has 0 radical (unpaired) electrons. The quantitative estimate of drug-likeness (QED) is 0.838. The van der Waals surface area contributed by atoms with Gasteiger partial charge in [0.05, 0.1) is 30.8 Å². The van der Waals surface area contributed by atoms with E-state index < -0.39 is 0 Å². The summed E-state index contributed by atoms with van der Waals surface area (Å²) in [7, 11) is 0. The van der Waals surface area contributed by atoms with Crippen LogP contribution in [-0.2, 0) is 4.74 Å². The molecule has 0 aromatic heterocycles. The van der Waals surface area contributed by atoms with Crippen LogP contribution in [0.3, 0.4) is 0 Å². The highest BCUT2D eigenvalue weighted by molar-refractivity contribution is 5.32. The van der Waals surface area contributed by atoms with Crippen molar-refractivity contribution in [2.45, 2.75) is 32.8 Å². The first kappa shape index (κ1) is 16.5. The van der Waals surface area contributed by atoms with Crippen molar-refractivity contribution in [1.82, 2.24) is 4.90 Å². The SMILES string of the molecule is Cc1ccc([C@H]2CN(C[C@H](C#N)CCC#N)CCO2)c(C)c1. The van der Waals surface area contributed by atoms with E-state index in [0.717, 1.165) is 19.6 Å². The molecule has 1 aromatic rings. The molecular formula is C18H23N3O. The first-order valence-corrected chi connectivity index (χ1v) is 7.81. The highest BCUT2D eigenvalue weighted by Gasteiger charge is 2.25. The summed E-state index contributed by atoms with van der Waals surface area (Å²) in [6, 6.07) is 10.9. The summed E-state index contributed by atoms with van der Waals surface area (Å²) < 4.78 is 5.93. The van der Waals surface area contributed by atoms with Gasteiger partial charge >= 0.3 is 0 Å². The van der Waals surface area contributed by atoms with E-state index in [1.807, 2.05) is 0 Å². The van der Waals surface area contributed by atoms with E-state index in [2.05, 4.69) is 49.1 Å². The lowest BCUT2D eigenvalue weighted by atomic mass is 9.99. The second-order valence-electron chi connectivity index (χ2n) is 6.00. The molecule has 22 heavy (non-hydrogen) atoms. The minimum absolute atomic E-state index is 0.0717. The summed E-state index contributed by atoms with van der Waals surface area (Å²) in [5.41, 5.74) is 3.75. The Morgan fingerprint density at radius 3 is 2.86 bits per heavy atom. The molecule has 0 unspecified atom stereocenters. The molecule has 0 spiro atoms. The minimum Gasteiger partial charge on any atom is -0.371 e. The maximum absolute atomic E-state index is 9.22. The molecule has 1 aliphatic rings. The minimum atomic E-state index is -0.0717. The molecule has 1 heterocycles. The fraction of sp³-hybridized carbons (Fsp3) is 0.556. The van der Waals surface area contributed by atoms with Gasteiger partial charge < -0.3 is 4.74 Å². The molecular weight excluding hydrogens is 274 g/mol. The van der Waals surface area contributed by atoms with Crippen LogP contribution in [0.15, 0.2) is 18.2 Å². The van der Waals surface area contributed by atoms with Crippen LogP contribution < -0.4 is 0 Å². The zero-order chi connectivity index (χ0) is 15.9. The molecule has 1 saturated heterocycles. The summed E-state index contributed by atoms with van der Waals surface area (Å²) in [6.45, 7) is 7.30. The number of benzene rings is 1. The van der Waals surface area contributed by atoms with Crippen molar-refractivity contribution in [1.29, 1.82) is 10.5 Å². The fourth-order valence-corrected chi connectivity index (χ4v) is 2.99. The Kier molecular flexibility index (Phi) is 5.95. The molecule has 2 rings (SSSR count). The molecule has 0 aliphatic carbocycles. The van der Waals surface area contributed by atoms with Crippen LogP contribution >= 0.6 is 0 Å². The van der Waals surface area contributed by atoms with Crippen molar-refractivity contribution >= 4 is 0 Å². The van der Waals surface area contributed by atoms with Gasteiger partial charge in [0.1, 0.15) is 0 Å². The average Bonchev–Trinajstić information content (AvgIpc) is 2.51. The lowest BCUT2D eigenvalue weighted by molar-refractivity contribution is -0.0330. The number of ether oxygens (including phenoxy) is 1. The van der Waals surface area contributed by atoms with E-state index in [1.54, 1.807) is 0 Å². The van der Waals surface area contributed by atoms with Crippen LogP contribution in [0, 0.1) is 42.4 Å². The van der Waals surface area contributed by atoms with Crippen molar-refractivity contribution in [3.05, 3.63) is 34.9 Å². The first-order chi connectivity index (χ1) is 10.6. The third-order valence-electron chi connectivity index (χ3n) is 4.19. The first-order valence-electron chi connectivity index (χ1n) is 7.81. The lowest BCUT2D eigenvalue weighted by Gasteiger charge is -2.34. The van der Waals surface area contributed by atoms with E-state index in [1.165, 1.54) is 16.7 Å². The van der Waals surface area contributed by atoms with Gasteiger partial charge in [-0.1, -0.05) is 23.8 Å². The van der Waals surface area contributed by atoms with Gasteiger partial charge in [-0.25, -0.2) is 0 Å². The summed E-state index contributed by atoms with van der Waals surface area (Å²) in [6.07, 6.45) is 1.17. The standard InChI is InChI=1S/C18H23N3O/c1-14-5-6-17(15(2)10-14)18-13-21(8-9-22-18)12-16(11-20)4-3-7-19/h5-6,10,16,18H,3-4,8-9,12-13H2,1-2H3/t16-,18+/m0/s1. The third-order valence-corrected chi connectivity index (χ3v) is 4.19. The Bertz CT molecular complexity index is 585. The third kappa shape index (κ3) is 4.31. The van der Waals surface area contributed by atoms with E-state index >= 15 is 0 Å². The van der Waals surface area contributed by atoms with Crippen LogP contribution in [0.5, 0.6) is 0 Å². The molecule has 1 aromatic carbocycles. The summed E-state index contributed by atoms with van der Waals surface area (Å²) >= 11 is 0. The van der Waals surface area contributed by atoms with Crippen LogP contribution in [-0.4, -0.2) is 31.1 Å². The van der Waals surface area contributed by atoms with E-state index in [9.17, 15) is 5.26 Å². The molecule has 1 aliphatic heterocycles. The number of aryl methyl sites for hydroxylation is 2. The van der Waals surface area contributed by atoms with Gasteiger partial charge in [-0.15, -0.1) is 0 Å². The summed E-state index contributed by atoms with van der Waals surface area (Å²) in [4.78, 5) is 2.29. The molecule has 1 fully saturated rings. The molecule has 4 heteroatoms. The van der Waals surface area contributed by atoms with Gasteiger partial charge in [0.2, 0.25) is 0 Å². The van der Waals surface area contributed by atoms with E-state index in [0.29, 0.717) is 19.4 Å². The van der Waals surface area contributed by atoms with Gasteiger partial charge in [-0.05, 0) is 31.4 Å². The maximum Gasteiger partial charge on any atom is 0.0954 e. The maximum atomic E-state index is 9.22. The predicted octanol–water partition coefficient (Wildman–Crippen LogP) is 3.12. The smallest absolute Gasteiger partial charge is 0.0954 e. The van der Waals surface area contributed by atoms with Crippen molar-refractivity contribution in [2.75, 3.05) is 26.2 Å². The Morgan fingerprint density at radius 1 is 1.36 bits per heavy atom. The van der Waals surface area contributed by atoms with Crippen molar-refractivity contribution < 1.29 is 4.74 Å². The van der Waals surface area contributed by atoms with Crippen LogP contribution in [0.25, 0.3) is 0 Å². The lowest BCUT2D eigenvalue weighted by Crippen LogP contribution is -2.41. The molecule has 0 bridgehead atoms. The largest absolute Gasteiger partial charge is 0.371 e. The predicted molar refractivity (Wildman–Crippen MR) is 85.0 cm³/mol. The van der Waals surface area contributed by atoms with Gasteiger partial charge in [-0.2, -0.15) is 10.5 Å². The van der Waals surface area contributed by atoms with Crippen molar-refractivity contribution in [2.24, 2.45) is 5.92 Å². The molecule has 116 valence electrons. The number of hydrogen-bond acceptors (Lipinski definition) is 4. The molecule has 0 amide bonds. The fourth-order valence-electron chi connectivity index (χ4n) is 2.99. The Labute approximate surface area is 132 Å². The highest BCUT2D eigenvalue weighted by Crippen LogP contribution is 2.26. The average molecular weight is 297 g/mol. The number of nitrogens with zero attached hydrogens (tertiary/aromatic N) is 3. The monoisotopic (exact) mass is 297 g/mol. The normalized spacial score (nSPS) is 20.1. The van der Waals surface area contributed by atoms with Crippen LogP contribution in [0.2, 0.25) is 0 Å². The van der Waals surface area contributed by atoms with Gasteiger partial charge in [0.25, 0.3) is 0 Å². The van der Waals surface area contributed by atoms with Gasteiger partial charge in [0.15, 0.2) is 0 Å². The molecule has 2 atom stereocenters. The Morgan fingerprint density at radius 2 is 2.18 bits per heavy atom. The topological polar surface area (TPSA) is 60.0 Å². The number of rotatable bonds is 5. The second kappa shape index (κ2) is 7.94. The van der Waals surface area contributed by atoms with Crippen LogP contribution in [0.4, 0.5) is 0 Å². The van der Waals surface area contributed by atoms with E-state index in [-0.39, 0.29) is 12.0 Å². The number of morpholine rings is 1. The second-order valence-corrected chi connectivity index (χ2v) is 6.00. The molecule has 0 N–H and O–H groups in total.